The van der Waals surface area contributed by atoms with Crippen LogP contribution >= 0.6 is 11.6 Å². The molecule has 5 aromatic rings. The minimum absolute atomic E-state index is 0.0273. The van der Waals surface area contributed by atoms with Crippen LogP contribution in [0.5, 0.6) is 6.01 Å². The molecule has 2 atom stereocenters. The Morgan fingerprint density at radius 3 is 2.64 bits per heavy atom. The molecule has 2 saturated heterocycles. The summed E-state index contributed by atoms with van der Waals surface area (Å²) in [4.78, 5) is 32.2. The highest BCUT2D eigenvalue weighted by atomic mass is 35.5. The van der Waals surface area contributed by atoms with Crippen molar-refractivity contribution in [2.24, 2.45) is 0 Å². The minimum atomic E-state index is -0.969. The maximum Gasteiger partial charge on any atom is 0.319 e. The number of amides is 1. The molecular weight excluding hydrogens is 660 g/mol. The molecule has 2 aliphatic heterocycles. The second-order valence-electron chi connectivity index (χ2n) is 12.6. The molecule has 1 amide bonds. The first kappa shape index (κ1) is 33.3. The standard InChI is InChI=1S/C38H34ClF2N7O2/c1-46-18-6-10-27(46)23-50-38-44-35-30(14-13-29(34(35)41)28-11-4-7-24-8-5-12-31(39)33(24)28)36(45-38)47-19-20-48(26(22-47)15-16-42)37(49)32(40)21-25-9-2-3-17-43-25/h2-5,7-9,11-14,17,21,26-27H,6,10,15,18-20,22-23H2,1H3/b32-21-/t26-,27-/m0/s1. The number of halogens is 3. The van der Waals surface area contributed by atoms with Gasteiger partial charge >= 0.3 is 6.01 Å². The number of hydrogen-bond donors (Lipinski definition) is 0. The topological polar surface area (TPSA) is 98.5 Å². The Bertz CT molecular complexity index is 2140. The predicted molar refractivity (Wildman–Crippen MR) is 190 cm³/mol. The largest absolute Gasteiger partial charge is 0.462 e. The summed E-state index contributed by atoms with van der Waals surface area (Å²) in [6, 6.07) is 21.3. The van der Waals surface area contributed by atoms with E-state index >= 15 is 8.78 Å². The third-order valence-electron chi connectivity index (χ3n) is 9.52. The van der Waals surface area contributed by atoms with Crippen molar-refractivity contribution in [1.29, 1.82) is 5.26 Å². The number of piperazine rings is 1. The smallest absolute Gasteiger partial charge is 0.319 e. The Kier molecular flexibility index (Phi) is 9.57. The molecule has 0 unspecified atom stereocenters. The first-order chi connectivity index (χ1) is 24.3. The lowest BCUT2D eigenvalue weighted by Crippen LogP contribution is -2.55. The number of ether oxygens (including phenoxy) is 1. The fraction of sp³-hybridized carbons (Fsp3) is 0.289. The van der Waals surface area contributed by atoms with Gasteiger partial charge in [-0.15, -0.1) is 0 Å². The second-order valence-corrected chi connectivity index (χ2v) is 13.0. The Morgan fingerprint density at radius 1 is 1.04 bits per heavy atom. The number of pyridine rings is 1. The maximum atomic E-state index is 16.8. The summed E-state index contributed by atoms with van der Waals surface area (Å²) in [5.41, 5.74) is 1.34. The van der Waals surface area contributed by atoms with E-state index in [4.69, 9.17) is 21.3 Å². The molecule has 9 nitrogen and oxygen atoms in total. The van der Waals surface area contributed by atoms with Crippen molar-refractivity contribution >= 4 is 51.1 Å². The van der Waals surface area contributed by atoms with Crippen molar-refractivity contribution in [2.75, 3.05) is 44.7 Å². The third kappa shape index (κ3) is 6.56. The van der Waals surface area contributed by atoms with Gasteiger partial charge in [0.1, 0.15) is 17.9 Å². The van der Waals surface area contributed by atoms with E-state index in [1.807, 2.05) is 42.3 Å². The van der Waals surface area contributed by atoms with Crippen LogP contribution in [0.25, 0.3) is 38.9 Å². The average molecular weight is 694 g/mol. The van der Waals surface area contributed by atoms with E-state index < -0.39 is 23.6 Å². The zero-order chi connectivity index (χ0) is 34.8. The van der Waals surface area contributed by atoms with Gasteiger partial charge in [-0.2, -0.15) is 15.2 Å². The van der Waals surface area contributed by atoms with Crippen LogP contribution in [0.4, 0.5) is 14.6 Å². The van der Waals surface area contributed by atoms with Crippen LogP contribution in [0.2, 0.25) is 5.02 Å². The van der Waals surface area contributed by atoms with E-state index in [1.54, 1.807) is 36.4 Å². The van der Waals surface area contributed by atoms with E-state index in [9.17, 15) is 10.1 Å². The summed E-state index contributed by atoms with van der Waals surface area (Å²) in [7, 11) is 2.04. The monoisotopic (exact) mass is 693 g/mol. The molecule has 12 heteroatoms. The first-order valence-corrected chi connectivity index (χ1v) is 16.9. The molecule has 254 valence electrons. The van der Waals surface area contributed by atoms with Crippen LogP contribution in [0, 0.1) is 17.1 Å². The van der Waals surface area contributed by atoms with E-state index in [-0.39, 0.29) is 43.6 Å². The molecule has 2 fully saturated rings. The number of nitrogens with zero attached hydrogens (tertiary/aromatic N) is 7. The van der Waals surface area contributed by atoms with Crippen molar-refractivity contribution in [3.63, 3.8) is 0 Å². The van der Waals surface area contributed by atoms with Gasteiger partial charge in [0.05, 0.1) is 24.2 Å². The molecule has 0 spiro atoms. The van der Waals surface area contributed by atoms with Crippen LogP contribution < -0.4 is 9.64 Å². The van der Waals surface area contributed by atoms with Crippen molar-refractivity contribution in [3.8, 4) is 23.2 Å². The number of aromatic nitrogens is 3. The minimum Gasteiger partial charge on any atom is -0.462 e. The van der Waals surface area contributed by atoms with Gasteiger partial charge in [-0.25, -0.2) is 8.78 Å². The Hall–Kier alpha value is -5.18. The van der Waals surface area contributed by atoms with E-state index in [2.05, 4.69) is 20.9 Å². The number of rotatable bonds is 8. The number of hydrogen-bond acceptors (Lipinski definition) is 8. The lowest BCUT2D eigenvalue weighted by atomic mass is 9.96. The lowest BCUT2D eigenvalue weighted by molar-refractivity contribution is -0.131. The molecule has 2 aliphatic rings. The highest BCUT2D eigenvalue weighted by Gasteiger charge is 2.34. The van der Waals surface area contributed by atoms with Crippen LogP contribution in [-0.2, 0) is 4.79 Å². The van der Waals surface area contributed by atoms with Gasteiger partial charge in [-0.1, -0.05) is 54.1 Å². The molecule has 0 bridgehead atoms. The van der Waals surface area contributed by atoms with Crippen molar-refractivity contribution in [2.45, 2.75) is 31.3 Å². The number of likely N-dealkylation sites (N-methyl/N-ethyl adjacent to an activating group) is 1. The number of nitriles is 1. The average Bonchev–Trinajstić information content (AvgIpc) is 3.55. The molecule has 0 N–H and O–H groups in total. The summed E-state index contributed by atoms with van der Waals surface area (Å²) in [6.45, 7) is 1.82. The summed E-state index contributed by atoms with van der Waals surface area (Å²) in [6.07, 6.45) is 4.58. The Morgan fingerprint density at radius 2 is 1.88 bits per heavy atom. The summed E-state index contributed by atoms with van der Waals surface area (Å²) in [5, 5.41) is 12.3. The van der Waals surface area contributed by atoms with Gasteiger partial charge < -0.3 is 19.4 Å². The van der Waals surface area contributed by atoms with Gasteiger partial charge in [-0.05, 0) is 61.6 Å². The van der Waals surface area contributed by atoms with E-state index in [0.717, 1.165) is 36.2 Å². The second kappa shape index (κ2) is 14.4. The number of carbonyl (C=O) groups is 1. The van der Waals surface area contributed by atoms with Gasteiger partial charge in [0.2, 0.25) is 0 Å². The lowest BCUT2D eigenvalue weighted by Gasteiger charge is -2.41. The zero-order valence-electron chi connectivity index (χ0n) is 27.4. The number of fused-ring (bicyclic) bond motifs is 2. The molecule has 3 aromatic carbocycles. The highest BCUT2D eigenvalue weighted by Crippen LogP contribution is 2.39. The van der Waals surface area contributed by atoms with E-state index in [1.165, 1.54) is 11.1 Å². The van der Waals surface area contributed by atoms with Crippen LogP contribution in [0.1, 0.15) is 25.0 Å². The maximum absolute atomic E-state index is 16.8. The van der Waals surface area contributed by atoms with Gasteiger partial charge in [0, 0.05) is 59.3 Å². The first-order valence-electron chi connectivity index (χ1n) is 16.5. The Labute approximate surface area is 293 Å². The third-order valence-corrected chi connectivity index (χ3v) is 9.84. The molecule has 7 rings (SSSR count). The normalized spacial score (nSPS) is 18.5. The van der Waals surface area contributed by atoms with Crippen LogP contribution in [0.3, 0.4) is 0 Å². The van der Waals surface area contributed by atoms with Gasteiger partial charge in [0.25, 0.3) is 5.91 Å². The summed E-state index contributed by atoms with van der Waals surface area (Å²) < 4.78 is 38.2. The zero-order valence-corrected chi connectivity index (χ0v) is 28.2. The fourth-order valence-electron chi connectivity index (χ4n) is 6.90. The number of anilines is 1. The molecular formula is C38H34ClF2N7O2. The summed E-state index contributed by atoms with van der Waals surface area (Å²) in [5.74, 6) is -1.93. The SMILES string of the molecule is CN1CCC[C@H]1COc1nc(N2CCN(C(=O)/C(F)=C/c3ccccn3)[C@@H](CC#N)C2)c2ccc(-c3cccc4cccc(Cl)c34)c(F)c2n1. The molecule has 4 heterocycles. The molecule has 0 saturated carbocycles. The molecule has 50 heavy (non-hydrogen) atoms. The van der Waals surface area contributed by atoms with Gasteiger partial charge in [-0.3, -0.25) is 9.78 Å². The number of likely N-dealkylation sites (tertiary alicyclic amines) is 1. The fourth-order valence-corrected chi connectivity index (χ4v) is 7.19. The molecule has 2 aromatic heterocycles. The molecule has 0 aliphatic carbocycles. The summed E-state index contributed by atoms with van der Waals surface area (Å²) >= 11 is 6.62. The van der Waals surface area contributed by atoms with Crippen molar-refractivity contribution in [1.82, 2.24) is 24.8 Å². The quantitative estimate of drug-likeness (QED) is 0.160. The number of benzene rings is 3. The van der Waals surface area contributed by atoms with Crippen LogP contribution in [-0.4, -0.2) is 82.6 Å². The molecule has 0 radical (unpaired) electrons. The predicted octanol–water partition coefficient (Wildman–Crippen LogP) is 7.05. The van der Waals surface area contributed by atoms with Crippen molar-refractivity contribution in [3.05, 3.63) is 95.3 Å². The number of carbonyl (C=O) groups excluding carboxylic acids is 1. The van der Waals surface area contributed by atoms with E-state index in [0.29, 0.717) is 39.7 Å². The highest BCUT2D eigenvalue weighted by molar-refractivity contribution is 6.36. The van der Waals surface area contributed by atoms with Gasteiger partial charge in [0.15, 0.2) is 11.6 Å². The Balaban J connectivity index is 1.27. The van der Waals surface area contributed by atoms with Crippen molar-refractivity contribution < 1.29 is 18.3 Å². The van der Waals surface area contributed by atoms with Crippen LogP contribution in [0.15, 0.2) is 78.8 Å².